The van der Waals surface area contributed by atoms with Crippen LogP contribution in [0.4, 0.5) is 0 Å². The second kappa shape index (κ2) is 6.35. The Morgan fingerprint density at radius 3 is 3.00 bits per heavy atom. The van der Waals surface area contributed by atoms with Crippen LogP contribution in [0.2, 0.25) is 0 Å². The highest BCUT2D eigenvalue weighted by Gasteiger charge is 2.16. The normalized spacial score (nSPS) is 19.2. The summed E-state index contributed by atoms with van der Waals surface area (Å²) in [6.07, 6.45) is 7.36. The van der Waals surface area contributed by atoms with Gasteiger partial charge >= 0.3 is 0 Å². The van der Waals surface area contributed by atoms with Crippen LogP contribution in [-0.2, 0) is 16.1 Å². The fourth-order valence-corrected chi connectivity index (χ4v) is 1.95. The van der Waals surface area contributed by atoms with Gasteiger partial charge in [-0.1, -0.05) is 0 Å². The van der Waals surface area contributed by atoms with Crippen molar-refractivity contribution in [3.63, 3.8) is 0 Å². The quantitative estimate of drug-likeness (QED) is 0.843. The molecule has 1 amide bonds. The third-order valence-corrected chi connectivity index (χ3v) is 2.96. The Bertz CT molecular complexity index is 348. The van der Waals surface area contributed by atoms with Crippen molar-refractivity contribution in [3.05, 3.63) is 30.1 Å². The van der Waals surface area contributed by atoms with Gasteiger partial charge in [0.25, 0.3) is 0 Å². The minimum absolute atomic E-state index is 0.0947. The zero-order valence-electron chi connectivity index (χ0n) is 9.89. The standard InChI is InChI=1S/C13H18N2O2/c16-13(4-3-12-2-1-9-17-12)15-10-11-5-7-14-8-6-11/h5-8,12H,1-4,9-10H2,(H,15,16). The molecule has 17 heavy (non-hydrogen) atoms. The number of carbonyl (C=O) groups is 1. The molecule has 2 rings (SSSR count). The van der Waals surface area contributed by atoms with E-state index in [0.29, 0.717) is 19.1 Å². The summed E-state index contributed by atoms with van der Waals surface area (Å²) in [7, 11) is 0. The molecule has 0 bridgehead atoms. The molecule has 1 aliphatic rings. The van der Waals surface area contributed by atoms with E-state index in [0.717, 1.165) is 31.4 Å². The number of nitrogens with one attached hydrogen (secondary N) is 1. The Morgan fingerprint density at radius 2 is 2.29 bits per heavy atom. The van der Waals surface area contributed by atoms with Crippen molar-refractivity contribution in [1.29, 1.82) is 0 Å². The number of nitrogens with zero attached hydrogens (tertiary/aromatic N) is 1. The molecule has 1 N–H and O–H groups in total. The maximum Gasteiger partial charge on any atom is 0.220 e. The lowest BCUT2D eigenvalue weighted by atomic mass is 10.1. The molecule has 1 fully saturated rings. The van der Waals surface area contributed by atoms with E-state index in [1.165, 1.54) is 0 Å². The molecule has 0 saturated carbocycles. The van der Waals surface area contributed by atoms with E-state index in [1.807, 2.05) is 12.1 Å². The fraction of sp³-hybridized carbons (Fsp3) is 0.538. The number of amides is 1. The van der Waals surface area contributed by atoms with E-state index in [-0.39, 0.29) is 5.91 Å². The summed E-state index contributed by atoms with van der Waals surface area (Å²) in [6, 6.07) is 3.81. The number of ether oxygens (including phenoxy) is 1. The summed E-state index contributed by atoms with van der Waals surface area (Å²) in [5.74, 6) is 0.0947. The van der Waals surface area contributed by atoms with Gasteiger partial charge in [-0.05, 0) is 37.0 Å². The van der Waals surface area contributed by atoms with Gasteiger partial charge in [-0.15, -0.1) is 0 Å². The van der Waals surface area contributed by atoms with Crippen LogP contribution in [0.5, 0.6) is 0 Å². The summed E-state index contributed by atoms with van der Waals surface area (Å²) in [5, 5.41) is 2.90. The summed E-state index contributed by atoms with van der Waals surface area (Å²) in [4.78, 5) is 15.5. The summed E-state index contributed by atoms with van der Waals surface area (Å²) in [5.41, 5.74) is 1.07. The van der Waals surface area contributed by atoms with Crippen LogP contribution >= 0.6 is 0 Å². The molecule has 0 aliphatic carbocycles. The number of pyridine rings is 1. The van der Waals surface area contributed by atoms with Crippen molar-refractivity contribution in [2.75, 3.05) is 6.61 Å². The molecule has 1 saturated heterocycles. The molecular formula is C13H18N2O2. The summed E-state index contributed by atoms with van der Waals surface area (Å²) < 4.78 is 5.48. The smallest absolute Gasteiger partial charge is 0.220 e. The van der Waals surface area contributed by atoms with Crippen LogP contribution in [0.1, 0.15) is 31.2 Å². The van der Waals surface area contributed by atoms with Crippen molar-refractivity contribution in [3.8, 4) is 0 Å². The van der Waals surface area contributed by atoms with Crippen molar-refractivity contribution in [1.82, 2.24) is 10.3 Å². The van der Waals surface area contributed by atoms with Crippen molar-refractivity contribution in [2.24, 2.45) is 0 Å². The maximum absolute atomic E-state index is 11.6. The van der Waals surface area contributed by atoms with Gasteiger partial charge in [0.2, 0.25) is 5.91 Å². The first-order chi connectivity index (χ1) is 8.34. The van der Waals surface area contributed by atoms with E-state index in [9.17, 15) is 4.79 Å². The number of carbonyl (C=O) groups excluding carboxylic acids is 1. The van der Waals surface area contributed by atoms with Gasteiger partial charge in [0, 0.05) is 32.0 Å². The molecule has 92 valence electrons. The van der Waals surface area contributed by atoms with E-state index in [1.54, 1.807) is 12.4 Å². The lowest BCUT2D eigenvalue weighted by Crippen LogP contribution is -2.23. The summed E-state index contributed by atoms with van der Waals surface area (Å²) in [6.45, 7) is 1.43. The average molecular weight is 234 g/mol. The van der Waals surface area contributed by atoms with E-state index in [4.69, 9.17) is 4.74 Å². The second-order valence-electron chi connectivity index (χ2n) is 4.31. The predicted molar refractivity (Wildman–Crippen MR) is 64.3 cm³/mol. The first-order valence-electron chi connectivity index (χ1n) is 6.12. The molecule has 1 unspecified atom stereocenters. The second-order valence-corrected chi connectivity index (χ2v) is 4.31. The molecule has 0 spiro atoms. The molecule has 0 aromatic carbocycles. The zero-order chi connectivity index (χ0) is 11.9. The number of hydrogen-bond donors (Lipinski definition) is 1. The van der Waals surface area contributed by atoms with E-state index < -0.39 is 0 Å². The first-order valence-corrected chi connectivity index (χ1v) is 6.12. The van der Waals surface area contributed by atoms with Crippen LogP contribution in [0, 0.1) is 0 Å². The minimum atomic E-state index is 0.0947. The average Bonchev–Trinajstić information content (AvgIpc) is 2.88. The summed E-state index contributed by atoms with van der Waals surface area (Å²) >= 11 is 0. The zero-order valence-corrected chi connectivity index (χ0v) is 9.89. The largest absolute Gasteiger partial charge is 0.378 e. The molecule has 0 radical (unpaired) electrons. The van der Waals surface area contributed by atoms with Crippen LogP contribution in [0.3, 0.4) is 0 Å². The highest BCUT2D eigenvalue weighted by atomic mass is 16.5. The Morgan fingerprint density at radius 1 is 1.47 bits per heavy atom. The molecule has 1 atom stereocenters. The van der Waals surface area contributed by atoms with Crippen molar-refractivity contribution < 1.29 is 9.53 Å². The van der Waals surface area contributed by atoms with Crippen LogP contribution < -0.4 is 5.32 Å². The fourth-order valence-electron chi connectivity index (χ4n) is 1.95. The monoisotopic (exact) mass is 234 g/mol. The van der Waals surface area contributed by atoms with E-state index in [2.05, 4.69) is 10.3 Å². The Balaban J connectivity index is 1.64. The van der Waals surface area contributed by atoms with Crippen LogP contribution in [-0.4, -0.2) is 23.6 Å². The third-order valence-electron chi connectivity index (χ3n) is 2.96. The van der Waals surface area contributed by atoms with Gasteiger partial charge in [-0.25, -0.2) is 0 Å². The first kappa shape index (κ1) is 12.0. The minimum Gasteiger partial charge on any atom is -0.378 e. The molecule has 4 nitrogen and oxygen atoms in total. The Hall–Kier alpha value is -1.42. The van der Waals surface area contributed by atoms with Gasteiger partial charge in [-0.2, -0.15) is 0 Å². The molecule has 2 heterocycles. The van der Waals surface area contributed by atoms with Crippen molar-refractivity contribution in [2.45, 2.75) is 38.3 Å². The maximum atomic E-state index is 11.6. The lowest BCUT2D eigenvalue weighted by molar-refractivity contribution is -0.121. The van der Waals surface area contributed by atoms with Gasteiger partial charge in [-0.3, -0.25) is 9.78 Å². The van der Waals surface area contributed by atoms with Crippen molar-refractivity contribution >= 4 is 5.91 Å². The molecule has 1 aromatic heterocycles. The molecule has 1 aliphatic heterocycles. The van der Waals surface area contributed by atoms with Gasteiger partial charge in [0.15, 0.2) is 0 Å². The van der Waals surface area contributed by atoms with Crippen LogP contribution in [0.15, 0.2) is 24.5 Å². The van der Waals surface area contributed by atoms with E-state index >= 15 is 0 Å². The molecule has 1 aromatic rings. The Labute approximate surface area is 101 Å². The topological polar surface area (TPSA) is 51.2 Å². The SMILES string of the molecule is O=C(CCC1CCCO1)NCc1ccncc1. The number of hydrogen-bond acceptors (Lipinski definition) is 3. The molecular weight excluding hydrogens is 216 g/mol. The highest BCUT2D eigenvalue weighted by molar-refractivity contribution is 5.75. The molecule has 4 heteroatoms. The van der Waals surface area contributed by atoms with Gasteiger partial charge < -0.3 is 10.1 Å². The Kier molecular flexibility index (Phi) is 4.50. The number of aromatic nitrogens is 1. The predicted octanol–water partition coefficient (Wildman–Crippen LogP) is 1.66. The highest BCUT2D eigenvalue weighted by Crippen LogP contribution is 2.16. The van der Waals surface area contributed by atoms with Crippen LogP contribution in [0.25, 0.3) is 0 Å². The lowest BCUT2D eigenvalue weighted by Gasteiger charge is -2.09. The number of rotatable bonds is 5. The van der Waals surface area contributed by atoms with Gasteiger partial charge in [0.1, 0.15) is 0 Å². The van der Waals surface area contributed by atoms with Gasteiger partial charge in [0.05, 0.1) is 6.10 Å². The third kappa shape index (κ3) is 4.15.